The lowest BCUT2D eigenvalue weighted by Crippen LogP contribution is -2.43. The average Bonchev–Trinajstić information content (AvgIpc) is 2.40. The van der Waals surface area contributed by atoms with Gasteiger partial charge in [-0.15, -0.1) is 0 Å². The van der Waals surface area contributed by atoms with Crippen LogP contribution in [0.25, 0.3) is 0 Å². The van der Waals surface area contributed by atoms with Crippen molar-refractivity contribution in [2.24, 2.45) is 0 Å². The summed E-state index contributed by atoms with van der Waals surface area (Å²) in [6.45, 7) is 7.20. The van der Waals surface area contributed by atoms with E-state index < -0.39 is 0 Å². The molecule has 0 aromatic heterocycles. The molecule has 0 radical (unpaired) electrons. The highest BCUT2D eigenvalue weighted by Gasteiger charge is 2.17. The van der Waals surface area contributed by atoms with Crippen molar-refractivity contribution < 1.29 is 9.47 Å². The largest absolute Gasteiger partial charge is 0.496 e. The van der Waals surface area contributed by atoms with Crippen molar-refractivity contribution in [3.05, 3.63) is 23.3 Å². The van der Waals surface area contributed by atoms with Crippen molar-refractivity contribution in [1.29, 1.82) is 0 Å². The molecule has 0 spiro atoms. The molecule has 0 amide bonds. The third-order valence-electron chi connectivity index (χ3n) is 3.43. The molecule has 1 N–H and O–H groups in total. The van der Waals surface area contributed by atoms with Gasteiger partial charge in [0.25, 0.3) is 0 Å². The third kappa shape index (κ3) is 2.76. The fourth-order valence-electron chi connectivity index (χ4n) is 2.44. The minimum atomic E-state index is 0.885. The molecular formula is C14H22N2O2. The Bertz CT molecular complexity index is 401. The van der Waals surface area contributed by atoms with E-state index in [1.165, 1.54) is 0 Å². The van der Waals surface area contributed by atoms with Gasteiger partial charge in [0.1, 0.15) is 11.5 Å². The monoisotopic (exact) mass is 250 g/mol. The van der Waals surface area contributed by atoms with Crippen molar-refractivity contribution in [3.63, 3.8) is 0 Å². The molecule has 1 aromatic rings. The average molecular weight is 250 g/mol. The van der Waals surface area contributed by atoms with E-state index in [2.05, 4.69) is 17.1 Å². The molecule has 1 saturated heterocycles. The number of nitrogens with zero attached hydrogens (tertiary/aromatic N) is 1. The number of methoxy groups -OCH3 is 2. The molecule has 0 atom stereocenters. The normalized spacial score (nSPS) is 16.6. The summed E-state index contributed by atoms with van der Waals surface area (Å²) in [4.78, 5) is 2.43. The maximum absolute atomic E-state index is 5.54. The van der Waals surface area contributed by atoms with Gasteiger partial charge in [0.2, 0.25) is 0 Å². The number of hydrogen-bond acceptors (Lipinski definition) is 4. The van der Waals surface area contributed by atoms with Crippen LogP contribution in [-0.2, 0) is 6.54 Å². The van der Waals surface area contributed by atoms with Gasteiger partial charge in [-0.25, -0.2) is 0 Å². The molecule has 0 saturated carbocycles. The summed E-state index contributed by atoms with van der Waals surface area (Å²) in [6, 6.07) is 4.06. The van der Waals surface area contributed by atoms with Crippen molar-refractivity contribution >= 4 is 0 Å². The Labute approximate surface area is 109 Å². The quantitative estimate of drug-likeness (QED) is 0.876. The van der Waals surface area contributed by atoms with Crippen molar-refractivity contribution in [2.75, 3.05) is 40.4 Å². The summed E-state index contributed by atoms with van der Waals surface area (Å²) in [5, 5.41) is 3.36. The fraction of sp³-hybridized carbons (Fsp3) is 0.571. The molecule has 1 aliphatic rings. The summed E-state index contributed by atoms with van der Waals surface area (Å²) in [7, 11) is 3.44. The summed E-state index contributed by atoms with van der Waals surface area (Å²) in [6.07, 6.45) is 0. The first-order valence-electron chi connectivity index (χ1n) is 6.39. The second-order valence-electron chi connectivity index (χ2n) is 4.62. The van der Waals surface area contributed by atoms with Gasteiger partial charge in [-0.1, -0.05) is 6.07 Å². The predicted octanol–water partition coefficient (Wildman–Crippen LogP) is 1.42. The first-order valence-corrected chi connectivity index (χ1v) is 6.39. The Morgan fingerprint density at radius 2 is 1.89 bits per heavy atom. The first-order chi connectivity index (χ1) is 8.76. The molecule has 100 valence electrons. The van der Waals surface area contributed by atoms with Gasteiger partial charge in [0, 0.05) is 32.7 Å². The molecule has 0 unspecified atom stereocenters. The maximum atomic E-state index is 5.54. The van der Waals surface area contributed by atoms with Crippen LogP contribution in [0.3, 0.4) is 0 Å². The molecular weight excluding hydrogens is 228 g/mol. The zero-order chi connectivity index (χ0) is 13.0. The number of rotatable bonds is 4. The molecule has 18 heavy (non-hydrogen) atoms. The maximum Gasteiger partial charge on any atom is 0.129 e. The van der Waals surface area contributed by atoms with Gasteiger partial charge in [-0.2, -0.15) is 0 Å². The molecule has 0 aliphatic carbocycles. The first kappa shape index (κ1) is 13.2. The lowest BCUT2D eigenvalue weighted by atomic mass is 10.1. The molecule has 2 rings (SSSR count). The van der Waals surface area contributed by atoms with Crippen LogP contribution in [0.4, 0.5) is 0 Å². The van der Waals surface area contributed by atoms with Crippen LogP contribution in [0.15, 0.2) is 12.1 Å². The Hall–Kier alpha value is -1.26. The smallest absolute Gasteiger partial charge is 0.129 e. The summed E-state index contributed by atoms with van der Waals surface area (Å²) in [5.74, 6) is 1.86. The van der Waals surface area contributed by atoms with E-state index in [-0.39, 0.29) is 0 Å². The van der Waals surface area contributed by atoms with E-state index in [4.69, 9.17) is 9.47 Å². The standard InChI is InChI=1S/C14H22N2O2/c1-11-4-5-13(17-2)12(14(11)18-3)10-16-8-6-15-7-9-16/h4-5,15H,6-10H2,1-3H3. The van der Waals surface area contributed by atoms with Crippen molar-refractivity contribution in [1.82, 2.24) is 10.2 Å². The Morgan fingerprint density at radius 1 is 1.17 bits per heavy atom. The third-order valence-corrected chi connectivity index (χ3v) is 3.43. The van der Waals surface area contributed by atoms with Crippen molar-refractivity contribution in [3.8, 4) is 11.5 Å². The molecule has 1 aliphatic heterocycles. The zero-order valence-corrected chi connectivity index (χ0v) is 11.5. The number of hydrogen-bond donors (Lipinski definition) is 1. The van der Waals surface area contributed by atoms with Crippen LogP contribution in [0.5, 0.6) is 11.5 Å². The highest BCUT2D eigenvalue weighted by atomic mass is 16.5. The van der Waals surface area contributed by atoms with Crippen LogP contribution in [0.2, 0.25) is 0 Å². The molecule has 0 bridgehead atoms. The second-order valence-corrected chi connectivity index (χ2v) is 4.62. The number of piperazine rings is 1. The minimum Gasteiger partial charge on any atom is -0.496 e. The number of nitrogens with one attached hydrogen (secondary N) is 1. The SMILES string of the molecule is COc1ccc(C)c(OC)c1CN1CCNCC1. The predicted molar refractivity (Wildman–Crippen MR) is 72.4 cm³/mol. The zero-order valence-electron chi connectivity index (χ0n) is 11.5. The molecule has 1 fully saturated rings. The van der Waals surface area contributed by atoms with E-state index in [0.29, 0.717) is 0 Å². The van der Waals surface area contributed by atoms with E-state index >= 15 is 0 Å². The highest BCUT2D eigenvalue weighted by Crippen LogP contribution is 2.32. The highest BCUT2D eigenvalue weighted by molar-refractivity contribution is 5.49. The Balaban J connectivity index is 2.25. The summed E-state index contributed by atoms with van der Waals surface area (Å²) >= 11 is 0. The lowest BCUT2D eigenvalue weighted by molar-refractivity contribution is 0.226. The van der Waals surface area contributed by atoms with Gasteiger partial charge in [0.15, 0.2) is 0 Å². The van der Waals surface area contributed by atoms with Crippen LogP contribution in [-0.4, -0.2) is 45.3 Å². The van der Waals surface area contributed by atoms with E-state index in [9.17, 15) is 0 Å². The van der Waals surface area contributed by atoms with Gasteiger partial charge < -0.3 is 14.8 Å². The van der Waals surface area contributed by atoms with Gasteiger partial charge in [0.05, 0.1) is 19.8 Å². The van der Waals surface area contributed by atoms with E-state index in [1.54, 1.807) is 14.2 Å². The van der Waals surface area contributed by atoms with Gasteiger partial charge in [-0.3, -0.25) is 4.90 Å². The topological polar surface area (TPSA) is 33.7 Å². The number of benzene rings is 1. The van der Waals surface area contributed by atoms with Crippen LogP contribution in [0, 0.1) is 6.92 Å². The molecule has 1 aromatic carbocycles. The van der Waals surface area contributed by atoms with Crippen molar-refractivity contribution in [2.45, 2.75) is 13.5 Å². The van der Waals surface area contributed by atoms with E-state index in [0.717, 1.165) is 55.3 Å². The number of aryl methyl sites for hydroxylation is 1. The van der Waals surface area contributed by atoms with Crippen LogP contribution < -0.4 is 14.8 Å². The Morgan fingerprint density at radius 3 is 2.50 bits per heavy atom. The van der Waals surface area contributed by atoms with Crippen LogP contribution in [0.1, 0.15) is 11.1 Å². The van der Waals surface area contributed by atoms with Crippen LogP contribution >= 0.6 is 0 Å². The van der Waals surface area contributed by atoms with Gasteiger partial charge in [-0.05, 0) is 18.6 Å². The minimum absolute atomic E-state index is 0.885. The van der Waals surface area contributed by atoms with E-state index in [1.807, 2.05) is 12.1 Å². The Kier molecular flexibility index (Phi) is 4.44. The molecule has 4 heteroatoms. The fourth-order valence-corrected chi connectivity index (χ4v) is 2.44. The lowest BCUT2D eigenvalue weighted by Gasteiger charge is -2.28. The molecule has 1 heterocycles. The van der Waals surface area contributed by atoms with Gasteiger partial charge >= 0.3 is 0 Å². The number of ether oxygens (including phenoxy) is 2. The molecule has 4 nitrogen and oxygen atoms in total. The summed E-state index contributed by atoms with van der Waals surface area (Å²) in [5.41, 5.74) is 2.31. The second kappa shape index (κ2) is 6.07. The summed E-state index contributed by atoms with van der Waals surface area (Å²) < 4.78 is 11.0.